The summed E-state index contributed by atoms with van der Waals surface area (Å²) in [6.45, 7) is 2.14. The normalized spacial score (nSPS) is 15.9. The van der Waals surface area contributed by atoms with Crippen molar-refractivity contribution in [3.8, 4) is 0 Å². The van der Waals surface area contributed by atoms with Crippen molar-refractivity contribution in [3.63, 3.8) is 0 Å². The third kappa shape index (κ3) is 3.18. The van der Waals surface area contributed by atoms with Crippen molar-refractivity contribution in [2.45, 2.75) is 24.3 Å². The molecule has 1 aromatic heterocycles. The van der Waals surface area contributed by atoms with Gasteiger partial charge >= 0.3 is 0 Å². The SMILES string of the molecule is O=S(=O)(Nc1ccc(N2CCCCC2)cc1)c1ccn[nH]1. The van der Waals surface area contributed by atoms with Gasteiger partial charge in [0.2, 0.25) is 0 Å². The average molecular weight is 306 g/mol. The lowest BCUT2D eigenvalue weighted by Gasteiger charge is -2.28. The fourth-order valence-electron chi connectivity index (χ4n) is 2.50. The summed E-state index contributed by atoms with van der Waals surface area (Å²) in [5, 5.41) is 6.16. The Kier molecular flexibility index (Phi) is 3.83. The van der Waals surface area contributed by atoms with E-state index in [0.717, 1.165) is 18.8 Å². The minimum atomic E-state index is -3.59. The van der Waals surface area contributed by atoms with Crippen LogP contribution in [-0.2, 0) is 10.0 Å². The molecule has 112 valence electrons. The zero-order valence-corrected chi connectivity index (χ0v) is 12.4. The van der Waals surface area contributed by atoms with Gasteiger partial charge in [0.25, 0.3) is 10.0 Å². The summed E-state index contributed by atoms with van der Waals surface area (Å²) in [7, 11) is -3.59. The Hall–Kier alpha value is -2.02. The lowest BCUT2D eigenvalue weighted by Crippen LogP contribution is -2.29. The number of piperidine rings is 1. The molecule has 6 nitrogen and oxygen atoms in total. The summed E-state index contributed by atoms with van der Waals surface area (Å²) in [5.74, 6) is 0. The fraction of sp³-hybridized carbons (Fsp3) is 0.357. The number of aromatic amines is 1. The molecule has 0 saturated carbocycles. The second-order valence-electron chi connectivity index (χ2n) is 5.12. The predicted molar refractivity (Wildman–Crippen MR) is 81.9 cm³/mol. The Morgan fingerprint density at radius 1 is 1.05 bits per heavy atom. The van der Waals surface area contributed by atoms with E-state index in [1.807, 2.05) is 12.1 Å². The van der Waals surface area contributed by atoms with Crippen LogP contribution < -0.4 is 9.62 Å². The summed E-state index contributed by atoms with van der Waals surface area (Å²) in [6, 6.07) is 8.91. The number of sulfonamides is 1. The highest BCUT2D eigenvalue weighted by Crippen LogP contribution is 2.22. The van der Waals surface area contributed by atoms with Crippen LogP contribution in [0.3, 0.4) is 0 Å². The van der Waals surface area contributed by atoms with Crippen LogP contribution in [0.25, 0.3) is 0 Å². The van der Waals surface area contributed by atoms with Crippen LogP contribution in [0.2, 0.25) is 0 Å². The first-order valence-corrected chi connectivity index (χ1v) is 8.51. The fourth-order valence-corrected chi connectivity index (χ4v) is 3.46. The average Bonchev–Trinajstić information content (AvgIpc) is 3.04. The smallest absolute Gasteiger partial charge is 0.278 e. The van der Waals surface area contributed by atoms with Crippen LogP contribution in [0.4, 0.5) is 11.4 Å². The van der Waals surface area contributed by atoms with Crippen molar-refractivity contribution in [2.24, 2.45) is 0 Å². The molecular formula is C14H18N4O2S. The van der Waals surface area contributed by atoms with Crippen molar-refractivity contribution in [3.05, 3.63) is 36.5 Å². The largest absolute Gasteiger partial charge is 0.372 e. The van der Waals surface area contributed by atoms with E-state index < -0.39 is 10.0 Å². The molecule has 3 rings (SSSR count). The van der Waals surface area contributed by atoms with Crippen LogP contribution in [0.5, 0.6) is 0 Å². The van der Waals surface area contributed by atoms with Gasteiger partial charge in [-0.05, 0) is 49.6 Å². The molecule has 0 amide bonds. The zero-order chi connectivity index (χ0) is 14.7. The van der Waals surface area contributed by atoms with Gasteiger partial charge in [0.15, 0.2) is 5.03 Å². The maximum atomic E-state index is 12.1. The van der Waals surface area contributed by atoms with Gasteiger partial charge in [0.05, 0.1) is 6.20 Å². The van der Waals surface area contributed by atoms with Gasteiger partial charge < -0.3 is 4.90 Å². The molecule has 1 saturated heterocycles. The van der Waals surface area contributed by atoms with E-state index in [1.54, 1.807) is 12.1 Å². The molecular weight excluding hydrogens is 288 g/mol. The standard InChI is InChI=1S/C14H18N4O2S/c19-21(20,14-8-9-15-16-14)17-12-4-6-13(7-5-12)18-10-2-1-3-11-18/h4-9,17H,1-3,10-11H2,(H,15,16). The zero-order valence-electron chi connectivity index (χ0n) is 11.6. The molecule has 0 bridgehead atoms. The van der Waals surface area contributed by atoms with Crippen LogP contribution in [0.1, 0.15) is 19.3 Å². The number of rotatable bonds is 4. The van der Waals surface area contributed by atoms with E-state index in [2.05, 4.69) is 19.8 Å². The Morgan fingerprint density at radius 3 is 2.38 bits per heavy atom. The molecule has 7 heteroatoms. The van der Waals surface area contributed by atoms with Gasteiger partial charge in [-0.3, -0.25) is 9.82 Å². The molecule has 0 spiro atoms. The van der Waals surface area contributed by atoms with Crippen LogP contribution in [0.15, 0.2) is 41.6 Å². The molecule has 1 fully saturated rings. The molecule has 0 unspecified atom stereocenters. The first kappa shape index (κ1) is 13.9. The third-order valence-electron chi connectivity index (χ3n) is 3.61. The Morgan fingerprint density at radius 2 is 1.76 bits per heavy atom. The highest BCUT2D eigenvalue weighted by molar-refractivity contribution is 7.92. The van der Waals surface area contributed by atoms with E-state index in [4.69, 9.17) is 0 Å². The molecule has 2 N–H and O–H groups in total. The number of hydrogen-bond acceptors (Lipinski definition) is 4. The maximum absolute atomic E-state index is 12.1. The van der Waals surface area contributed by atoms with E-state index in [0.29, 0.717) is 5.69 Å². The van der Waals surface area contributed by atoms with Gasteiger partial charge in [-0.25, -0.2) is 0 Å². The van der Waals surface area contributed by atoms with E-state index in [-0.39, 0.29) is 5.03 Å². The quantitative estimate of drug-likeness (QED) is 0.907. The number of anilines is 2. The second-order valence-corrected chi connectivity index (χ2v) is 6.77. The van der Waals surface area contributed by atoms with Crippen LogP contribution in [0, 0.1) is 0 Å². The van der Waals surface area contributed by atoms with E-state index >= 15 is 0 Å². The number of nitrogens with zero attached hydrogens (tertiary/aromatic N) is 2. The predicted octanol–water partition coefficient (Wildman–Crippen LogP) is 2.20. The number of H-pyrrole nitrogens is 1. The van der Waals surface area contributed by atoms with Gasteiger partial charge in [-0.2, -0.15) is 13.5 Å². The van der Waals surface area contributed by atoms with Gasteiger partial charge in [0, 0.05) is 24.5 Å². The van der Waals surface area contributed by atoms with Gasteiger partial charge in [-0.15, -0.1) is 0 Å². The molecule has 1 aliphatic heterocycles. The lowest BCUT2D eigenvalue weighted by molar-refractivity contribution is 0.578. The first-order valence-electron chi connectivity index (χ1n) is 7.02. The Labute approximate surface area is 124 Å². The van der Waals surface area contributed by atoms with Crippen molar-refractivity contribution >= 4 is 21.4 Å². The minimum Gasteiger partial charge on any atom is -0.372 e. The second kappa shape index (κ2) is 5.77. The number of aromatic nitrogens is 2. The molecule has 2 aromatic rings. The minimum absolute atomic E-state index is 0.0580. The molecule has 1 aliphatic rings. The molecule has 0 radical (unpaired) electrons. The van der Waals surface area contributed by atoms with E-state index in [9.17, 15) is 8.42 Å². The maximum Gasteiger partial charge on any atom is 0.278 e. The van der Waals surface area contributed by atoms with Crippen LogP contribution in [-0.4, -0.2) is 31.7 Å². The molecule has 21 heavy (non-hydrogen) atoms. The summed E-state index contributed by atoms with van der Waals surface area (Å²) >= 11 is 0. The monoisotopic (exact) mass is 306 g/mol. The topological polar surface area (TPSA) is 78.1 Å². The summed E-state index contributed by atoms with van der Waals surface area (Å²) in [4.78, 5) is 2.33. The molecule has 0 atom stereocenters. The van der Waals surface area contributed by atoms with Crippen molar-refractivity contribution in [1.29, 1.82) is 0 Å². The first-order chi connectivity index (χ1) is 10.1. The lowest BCUT2D eigenvalue weighted by atomic mass is 10.1. The number of nitrogens with one attached hydrogen (secondary N) is 2. The number of benzene rings is 1. The summed E-state index contributed by atoms with van der Waals surface area (Å²) in [5.41, 5.74) is 1.68. The van der Waals surface area contributed by atoms with Crippen molar-refractivity contribution in [1.82, 2.24) is 10.2 Å². The Bertz CT molecular complexity index is 674. The van der Waals surface area contributed by atoms with E-state index in [1.165, 1.54) is 31.5 Å². The highest BCUT2D eigenvalue weighted by Gasteiger charge is 2.16. The summed E-state index contributed by atoms with van der Waals surface area (Å²) < 4.78 is 26.6. The Balaban J connectivity index is 1.72. The third-order valence-corrected chi connectivity index (χ3v) is 4.92. The molecule has 0 aliphatic carbocycles. The number of hydrogen-bond donors (Lipinski definition) is 2. The highest BCUT2D eigenvalue weighted by atomic mass is 32.2. The van der Waals surface area contributed by atoms with Crippen LogP contribution >= 0.6 is 0 Å². The molecule has 2 heterocycles. The van der Waals surface area contributed by atoms with Crippen molar-refractivity contribution in [2.75, 3.05) is 22.7 Å². The van der Waals surface area contributed by atoms with Gasteiger partial charge in [0.1, 0.15) is 0 Å². The summed E-state index contributed by atoms with van der Waals surface area (Å²) in [6.07, 6.45) is 5.13. The molecule has 1 aromatic carbocycles. The van der Waals surface area contributed by atoms with Gasteiger partial charge in [-0.1, -0.05) is 0 Å². The van der Waals surface area contributed by atoms with Crippen molar-refractivity contribution < 1.29 is 8.42 Å².